The Bertz CT molecular complexity index is 202. The van der Waals surface area contributed by atoms with Crippen LogP contribution in [0.25, 0.3) is 0 Å². The van der Waals surface area contributed by atoms with Crippen molar-refractivity contribution in [1.29, 1.82) is 0 Å². The molecular weight excluding hydrogens is 202 g/mol. The summed E-state index contributed by atoms with van der Waals surface area (Å²) in [6, 6.07) is 0. The highest BCUT2D eigenvalue weighted by Gasteiger charge is 2.26. The molecule has 1 aliphatic heterocycles. The van der Waals surface area contributed by atoms with Gasteiger partial charge in [-0.1, -0.05) is 13.3 Å². The van der Waals surface area contributed by atoms with Crippen LogP contribution in [0.5, 0.6) is 0 Å². The molecule has 1 heterocycles. The van der Waals surface area contributed by atoms with Gasteiger partial charge >= 0.3 is 0 Å². The molecule has 0 amide bonds. The fraction of sp³-hybridized carbons (Fsp3) is 0.923. The van der Waals surface area contributed by atoms with Gasteiger partial charge in [0.1, 0.15) is 5.60 Å². The average molecular weight is 227 g/mol. The van der Waals surface area contributed by atoms with Crippen LogP contribution in [-0.4, -0.2) is 25.2 Å². The molecule has 0 saturated carbocycles. The fourth-order valence-electron chi connectivity index (χ4n) is 2.57. The van der Waals surface area contributed by atoms with Gasteiger partial charge in [-0.05, 0) is 58.0 Å². The maximum Gasteiger partial charge on any atom is 0.293 e. The molecule has 1 aliphatic rings. The van der Waals surface area contributed by atoms with Gasteiger partial charge in [0.05, 0.1) is 0 Å². The molecule has 0 aromatic heterocycles. The Morgan fingerprint density at radius 1 is 1.38 bits per heavy atom. The Labute approximate surface area is 98.9 Å². The van der Waals surface area contributed by atoms with E-state index in [1.807, 2.05) is 0 Å². The van der Waals surface area contributed by atoms with E-state index in [2.05, 4.69) is 19.2 Å². The van der Waals surface area contributed by atoms with Gasteiger partial charge in [0.25, 0.3) is 6.47 Å². The zero-order chi connectivity index (χ0) is 11.9. The standard InChI is InChI=1S/C13H25NO2/c1-3-7-13(2,16-11-15)8-4-12-5-9-14-10-6-12/h11-12,14H,3-10H2,1-2H3. The molecule has 0 radical (unpaired) electrons. The average Bonchev–Trinajstić information content (AvgIpc) is 2.29. The van der Waals surface area contributed by atoms with Crippen molar-refractivity contribution in [1.82, 2.24) is 5.32 Å². The third-order valence-corrected chi connectivity index (χ3v) is 3.65. The van der Waals surface area contributed by atoms with Gasteiger partial charge in [0.2, 0.25) is 0 Å². The molecule has 1 rings (SSSR count). The summed E-state index contributed by atoms with van der Waals surface area (Å²) in [6.45, 7) is 7.09. The van der Waals surface area contributed by atoms with Crippen molar-refractivity contribution in [2.45, 2.75) is 58.0 Å². The van der Waals surface area contributed by atoms with E-state index in [0.29, 0.717) is 6.47 Å². The van der Waals surface area contributed by atoms with Crippen molar-refractivity contribution < 1.29 is 9.53 Å². The first-order valence-corrected chi connectivity index (χ1v) is 6.52. The SMILES string of the molecule is CCCC(C)(CCC1CCNCC1)OC=O. The summed E-state index contributed by atoms with van der Waals surface area (Å²) in [5.74, 6) is 0.813. The van der Waals surface area contributed by atoms with Crippen molar-refractivity contribution in [3.05, 3.63) is 0 Å². The van der Waals surface area contributed by atoms with Crippen LogP contribution in [0.3, 0.4) is 0 Å². The summed E-state index contributed by atoms with van der Waals surface area (Å²) in [5.41, 5.74) is -0.235. The summed E-state index contributed by atoms with van der Waals surface area (Å²) in [7, 11) is 0. The van der Waals surface area contributed by atoms with Gasteiger partial charge in [-0.15, -0.1) is 0 Å². The highest BCUT2D eigenvalue weighted by molar-refractivity contribution is 5.38. The molecule has 94 valence electrons. The van der Waals surface area contributed by atoms with Gasteiger partial charge in [-0.3, -0.25) is 4.79 Å². The van der Waals surface area contributed by atoms with Gasteiger partial charge in [-0.2, -0.15) is 0 Å². The van der Waals surface area contributed by atoms with E-state index < -0.39 is 0 Å². The van der Waals surface area contributed by atoms with Crippen LogP contribution >= 0.6 is 0 Å². The molecule has 16 heavy (non-hydrogen) atoms. The second-order valence-corrected chi connectivity index (χ2v) is 5.15. The smallest absolute Gasteiger partial charge is 0.293 e. The minimum atomic E-state index is -0.235. The normalized spacial score (nSPS) is 21.4. The number of hydrogen-bond donors (Lipinski definition) is 1. The van der Waals surface area contributed by atoms with Gasteiger partial charge in [0, 0.05) is 0 Å². The Morgan fingerprint density at radius 3 is 2.62 bits per heavy atom. The van der Waals surface area contributed by atoms with Crippen molar-refractivity contribution in [2.24, 2.45) is 5.92 Å². The zero-order valence-electron chi connectivity index (χ0n) is 10.6. The maximum absolute atomic E-state index is 10.5. The quantitative estimate of drug-likeness (QED) is 0.679. The van der Waals surface area contributed by atoms with E-state index in [9.17, 15) is 4.79 Å². The maximum atomic E-state index is 10.5. The number of carbonyl (C=O) groups excluding carboxylic acids is 1. The summed E-state index contributed by atoms with van der Waals surface area (Å²) in [5, 5.41) is 3.37. The lowest BCUT2D eigenvalue weighted by Crippen LogP contribution is -2.32. The van der Waals surface area contributed by atoms with Crippen molar-refractivity contribution in [3.63, 3.8) is 0 Å². The van der Waals surface area contributed by atoms with Gasteiger partial charge in [-0.25, -0.2) is 0 Å². The number of nitrogens with one attached hydrogen (secondary N) is 1. The third-order valence-electron chi connectivity index (χ3n) is 3.65. The monoisotopic (exact) mass is 227 g/mol. The van der Waals surface area contributed by atoms with E-state index >= 15 is 0 Å². The molecule has 0 aliphatic carbocycles. The molecule has 1 saturated heterocycles. The Morgan fingerprint density at radius 2 is 2.06 bits per heavy atom. The Kier molecular flexibility index (Phi) is 5.81. The molecule has 1 fully saturated rings. The molecule has 0 aromatic carbocycles. The number of rotatable bonds is 7. The van der Waals surface area contributed by atoms with Crippen molar-refractivity contribution in [3.8, 4) is 0 Å². The minimum Gasteiger partial charge on any atom is -0.462 e. The van der Waals surface area contributed by atoms with E-state index in [-0.39, 0.29) is 5.60 Å². The lowest BCUT2D eigenvalue weighted by atomic mass is 9.86. The largest absolute Gasteiger partial charge is 0.462 e. The molecule has 0 bridgehead atoms. The van der Waals surface area contributed by atoms with Crippen LogP contribution in [0.15, 0.2) is 0 Å². The minimum absolute atomic E-state index is 0.235. The lowest BCUT2D eigenvalue weighted by molar-refractivity contribution is -0.143. The topological polar surface area (TPSA) is 38.3 Å². The number of carbonyl (C=O) groups is 1. The first-order valence-electron chi connectivity index (χ1n) is 6.52. The zero-order valence-corrected chi connectivity index (χ0v) is 10.6. The molecular formula is C13H25NO2. The van der Waals surface area contributed by atoms with Crippen LogP contribution in [0.2, 0.25) is 0 Å². The van der Waals surface area contributed by atoms with Crippen LogP contribution < -0.4 is 5.32 Å². The predicted molar refractivity (Wildman–Crippen MR) is 65.3 cm³/mol. The van der Waals surface area contributed by atoms with Crippen molar-refractivity contribution in [2.75, 3.05) is 13.1 Å². The molecule has 0 spiro atoms. The summed E-state index contributed by atoms with van der Waals surface area (Å²) >= 11 is 0. The number of piperidine rings is 1. The summed E-state index contributed by atoms with van der Waals surface area (Å²) in [4.78, 5) is 10.5. The highest BCUT2D eigenvalue weighted by Crippen LogP contribution is 2.28. The van der Waals surface area contributed by atoms with Crippen molar-refractivity contribution >= 4 is 6.47 Å². The molecule has 0 aromatic rings. The number of ether oxygens (including phenoxy) is 1. The van der Waals surface area contributed by atoms with E-state index in [1.54, 1.807) is 0 Å². The van der Waals surface area contributed by atoms with Crippen LogP contribution in [0.4, 0.5) is 0 Å². The summed E-state index contributed by atoms with van der Waals surface area (Å²) < 4.78 is 5.26. The van der Waals surface area contributed by atoms with Crippen LogP contribution in [0, 0.1) is 5.92 Å². The number of hydrogen-bond acceptors (Lipinski definition) is 3. The van der Waals surface area contributed by atoms with Gasteiger partial charge < -0.3 is 10.1 Å². The second-order valence-electron chi connectivity index (χ2n) is 5.15. The molecule has 3 heteroatoms. The van der Waals surface area contributed by atoms with E-state index in [0.717, 1.165) is 38.3 Å². The molecule has 1 atom stereocenters. The molecule has 3 nitrogen and oxygen atoms in total. The van der Waals surface area contributed by atoms with Crippen LogP contribution in [-0.2, 0) is 9.53 Å². The van der Waals surface area contributed by atoms with E-state index in [1.165, 1.54) is 19.3 Å². The Hall–Kier alpha value is -0.570. The first kappa shape index (κ1) is 13.5. The second kappa shape index (κ2) is 6.89. The van der Waals surface area contributed by atoms with Gasteiger partial charge in [0.15, 0.2) is 0 Å². The highest BCUT2D eigenvalue weighted by atomic mass is 16.5. The summed E-state index contributed by atoms with van der Waals surface area (Å²) in [6.07, 6.45) is 6.76. The third kappa shape index (κ3) is 4.52. The molecule has 1 unspecified atom stereocenters. The van der Waals surface area contributed by atoms with E-state index in [4.69, 9.17) is 4.74 Å². The first-order chi connectivity index (χ1) is 7.70. The lowest BCUT2D eigenvalue weighted by Gasteiger charge is -2.30. The predicted octanol–water partition coefficient (Wildman–Crippen LogP) is 2.50. The Balaban J connectivity index is 2.32. The molecule has 1 N–H and O–H groups in total. The fourth-order valence-corrected chi connectivity index (χ4v) is 2.57. The van der Waals surface area contributed by atoms with Crippen LogP contribution in [0.1, 0.15) is 52.4 Å².